The average Bonchev–Trinajstić information content (AvgIpc) is 2.28. The molecule has 0 aromatic heterocycles. The molecule has 1 unspecified atom stereocenters. The predicted molar refractivity (Wildman–Crippen MR) is 72.5 cm³/mol. The van der Waals surface area contributed by atoms with Crippen LogP contribution in [0, 0.1) is 17.0 Å². The van der Waals surface area contributed by atoms with Crippen LogP contribution < -0.4 is 4.72 Å². The zero-order valence-electron chi connectivity index (χ0n) is 11.2. The van der Waals surface area contributed by atoms with E-state index in [1.54, 1.807) is 13.8 Å². The fraction of sp³-hybridized carbons (Fsp3) is 0.500. The van der Waals surface area contributed by atoms with Gasteiger partial charge in [-0.05, 0) is 26.3 Å². The zero-order valence-corrected chi connectivity index (χ0v) is 12.0. The summed E-state index contributed by atoms with van der Waals surface area (Å²) in [6.45, 7) is 5.30. The molecule has 0 heterocycles. The van der Waals surface area contributed by atoms with Gasteiger partial charge in [0.2, 0.25) is 10.0 Å². The molecule has 6 nitrogen and oxygen atoms in total. The second-order valence-corrected chi connectivity index (χ2v) is 6.23. The van der Waals surface area contributed by atoms with E-state index < -0.39 is 14.9 Å². The molecule has 0 saturated carbocycles. The van der Waals surface area contributed by atoms with Crippen LogP contribution in [-0.4, -0.2) is 19.4 Å². The number of sulfonamides is 1. The van der Waals surface area contributed by atoms with Crippen molar-refractivity contribution in [1.82, 2.24) is 4.72 Å². The minimum atomic E-state index is -3.71. The first-order valence-electron chi connectivity index (χ1n) is 6.05. The van der Waals surface area contributed by atoms with Crippen LogP contribution in [0.2, 0.25) is 0 Å². The molecular formula is C12H18N2O4S. The molecule has 0 aliphatic heterocycles. The first kappa shape index (κ1) is 15.6. The minimum Gasteiger partial charge on any atom is -0.258 e. The highest BCUT2D eigenvalue weighted by Crippen LogP contribution is 2.22. The van der Waals surface area contributed by atoms with E-state index in [4.69, 9.17) is 0 Å². The van der Waals surface area contributed by atoms with Crippen LogP contribution in [0.5, 0.6) is 0 Å². The number of nitrogens with one attached hydrogen (secondary N) is 1. The lowest BCUT2D eigenvalue weighted by molar-refractivity contribution is -0.385. The van der Waals surface area contributed by atoms with Crippen LogP contribution in [0.15, 0.2) is 23.1 Å². The Kier molecular flexibility index (Phi) is 5.02. The van der Waals surface area contributed by atoms with Crippen LogP contribution in [-0.2, 0) is 10.0 Å². The van der Waals surface area contributed by atoms with Crippen LogP contribution in [0.4, 0.5) is 5.69 Å². The summed E-state index contributed by atoms with van der Waals surface area (Å²) < 4.78 is 26.6. The molecule has 106 valence electrons. The molecule has 0 aliphatic rings. The first-order chi connectivity index (χ1) is 8.77. The van der Waals surface area contributed by atoms with Gasteiger partial charge in [-0.2, -0.15) is 0 Å². The van der Waals surface area contributed by atoms with Crippen molar-refractivity contribution in [2.45, 2.75) is 44.6 Å². The van der Waals surface area contributed by atoms with Crippen LogP contribution in [0.25, 0.3) is 0 Å². The Labute approximate surface area is 113 Å². The second-order valence-electron chi connectivity index (χ2n) is 4.52. The van der Waals surface area contributed by atoms with E-state index in [9.17, 15) is 18.5 Å². The number of benzene rings is 1. The third-order valence-corrected chi connectivity index (χ3v) is 4.35. The molecule has 19 heavy (non-hydrogen) atoms. The van der Waals surface area contributed by atoms with Crippen molar-refractivity contribution in [3.63, 3.8) is 0 Å². The summed E-state index contributed by atoms with van der Waals surface area (Å²) in [6.07, 6.45) is 1.57. The van der Waals surface area contributed by atoms with Crippen LogP contribution >= 0.6 is 0 Å². The van der Waals surface area contributed by atoms with Gasteiger partial charge in [0.1, 0.15) is 0 Å². The lowest BCUT2D eigenvalue weighted by atomic mass is 10.2. The minimum absolute atomic E-state index is 0.0762. The largest absolute Gasteiger partial charge is 0.273 e. The monoisotopic (exact) mass is 286 g/mol. The Morgan fingerprint density at radius 3 is 2.58 bits per heavy atom. The molecule has 1 rings (SSSR count). The summed E-state index contributed by atoms with van der Waals surface area (Å²) in [6, 6.07) is 3.71. The highest BCUT2D eigenvalue weighted by Gasteiger charge is 2.21. The molecule has 0 amide bonds. The van der Waals surface area contributed by atoms with Gasteiger partial charge in [0.05, 0.1) is 9.82 Å². The van der Waals surface area contributed by atoms with Crippen molar-refractivity contribution in [2.75, 3.05) is 0 Å². The van der Waals surface area contributed by atoms with Gasteiger partial charge in [0.15, 0.2) is 0 Å². The molecule has 1 aromatic carbocycles. The van der Waals surface area contributed by atoms with Gasteiger partial charge in [0, 0.05) is 17.7 Å². The first-order valence-corrected chi connectivity index (χ1v) is 7.53. The number of nitro groups is 1. The van der Waals surface area contributed by atoms with Gasteiger partial charge in [-0.25, -0.2) is 13.1 Å². The van der Waals surface area contributed by atoms with E-state index in [0.29, 0.717) is 12.0 Å². The Hall–Kier alpha value is -1.47. The van der Waals surface area contributed by atoms with Crippen molar-refractivity contribution in [1.29, 1.82) is 0 Å². The highest BCUT2D eigenvalue weighted by molar-refractivity contribution is 7.89. The SMILES string of the molecule is CCCC(C)NS(=O)(=O)c1ccc(C)c([N+](=O)[O-])c1. The lowest BCUT2D eigenvalue weighted by Gasteiger charge is -2.13. The standard InChI is InChI=1S/C12H18N2O4S/c1-4-5-10(3)13-19(17,18)11-7-6-9(2)12(8-11)14(15)16/h6-8,10,13H,4-5H2,1-3H3. The van der Waals surface area contributed by atoms with Gasteiger partial charge >= 0.3 is 0 Å². The number of nitro benzene ring substituents is 1. The summed E-state index contributed by atoms with van der Waals surface area (Å²) in [4.78, 5) is 10.2. The molecule has 1 N–H and O–H groups in total. The molecule has 0 aliphatic carbocycles. The Morgan fingerprint density at radius 1 is 1.42 bits per heavy atom. The van der Waals surface area contributed by atoms with Crippen molar-refractivity contribution in [3.05, 3.63) is 33.9 Å². The van der Waals surface area contributed by atoms with E-state index in [1.165, 1.54) is 12.1 Å². The summed E-state index contributed by atoms with van der Waals surface area (Å²) in [5, 5.41) is 10.8. The number of hydrogen-bond donors (Lipinski definition) is 1. The number of rotatable bonds is 6. The van der Waals surface area contributed by atoms with E-state index in [0.717, 1.165) is 12.5 Å². The summed E-state index contributed by atoms with van der Waals surface area (Å²) in [5.41, 5.74) is 0.247. The van der Waals surface area contributed by atoms with Crippen LogP contribution in [0.1, 0.15) is 32.3 Å². The van der Waals surface area contributed by atoms with Crippen molar-refractivity contribution in [3.8, 4) is 0 Å². The molecular weight excluding hydrogens is 268 g/mol. The molecule has 7 heteroatoms. The summed E-state index contributed by atoms with van der Waals surface area (Å²) in [5.74, 6) is 0. The zero-order chi connectivity index (χ0) is 14.6. The maximum Gasteiger partial charge on any atom is 0.273 e. The van der Waals surface area contributed by atoms with Gasteiger partial charge in [-0.1, -0.05) is 19.4 Å². The molecule has 1 atom stereocenters. The van der Waals surface area contributed by atoms with Crippen LogP contribution in [0.3, 0.4) is 0 Å². The van der Waals surface area contributed by atoms with Crippen molar-refractivity contribution >= 4 is 15.7 Å². The fourth-order valence-corrected chi connectivity index (χ4v) is 3.08. The van der Waals surface area contributed by atoms with Gasteiger partial charge in [-0.3, -0.25) is 10.1 Å². The molecule has 0 spiro atoms. The number of nitrogens with zero attached hydrogens (tertiary/aromatic N) is 1. The van der Waals surface area contributed by atoms with Crippen molar-refractivity contribution < 1.29 is 13.3 Å². The van der Waals surface area contributed by atoms with Gasteiger partial charge in [0.25, 0.3) is 5.69 Å². The second kappa shape index (κ2) is 6.12. The number of aryl methyl sites for hydroxylation is 1. The fourth-order valence-electron chi connectivity index (χ4n) is 1.78. The summed E-state index contributed by atoms with van der Waals surface area (Å²) >= 11 is 0. The Bertz CT molecular complexity index is 569. The summed E-state index contributed by atoms with van der Waals surface area (Å²) in [7, 11) is -3.71. The smallest absolute Gasteiger partial charge is 0.258 e. The molecule has 1 aromatic rings. The van der Waals surface area contributed by atoms with E-state index >= 15 is 0 Å². The molecule has 0 bridgehead atoms. The maximum absolute atomic E-state index is 12.1. The molecule has 0 radical (unpaired) electrons. The lowest BCUT2D eigenvalue weighted by Crippen LogP contribution is -2.32. The normalized spacial score (nSPS) is 13.2. The third-order valence-electron chi connectivity index (χ3n) is 2.77. The predicted octanol–water partition coefficient (Wildman–Crippen LogP) is 2.37. The van der Waals surface area contributed by atoms with Gasteiger partial charge < -0.3 is 0 Å². The molecule has 0 fully saturated rings. The Balaban J connectivity index is 3.08. The maximum atomic E-state index is 12.1. The number of hydrogen-bond acceptors (Lipinski definition) is 4. The van der Waals surface area contributed by atoms with E-state index in [1.807, 2.05) is 6.92 Å². The van der Waals surface area contributed by atoms with Crippen molar-refractivity contribution in [2.24, 2.45) is 0 Å². The quantitative estimate of drug-likeness (QED) is 0.642. The average molecular weight is 286 g/mol. The van der Waals surface area contributed by atoms with E-state index in [-0.39, 0.29) is 16.6 Å². The molecule has 0 saturated heterocycles. The highest BCUT2D eigenvalue weighted by atomic mass is 32.2. The van der Waals surface area contributed by atoms with Gasteiger partial charge in [-0.15, -0.1) is 0 Å². The van der Waals surface area contributed by atoms with E-state index in [2.05, 4.69) is 4.72 Å². The third kappa shape index (κ3) is 4.00. The Morgan fingerprint density at radius 2 is 2.05 bits per heavy atom. The topological polar surface area (TPSA) is 89.3 Å².